The van der Waals surface area contributed by atoms with Crippen LogP contribution in [0.1, 0.15) is 32.8 Å². The number of aromatic nitrogens is 1. The quantitative estimate of drug-likeness (QED) is 0.901. The van der Waals surface area contributed by atoms with Crippen molar-refractivity contribution in [3.8, 4) is 0 Å². The number of aliphatic hydroxyl groups excluding tert-OH is 1. The van der Waals surface area contributed by atoms with Crippen molar-refractivity contribution in [2.45, 2.75) is 39.8 Å². The summed E-state index contributed by atoms with van der Waals surface area (Å²) in [7, 11) is 0. The van der Waals surface area contributed by atoms with Crippen LogP contribution in [0.2, 0.25) is 0 Å². The predicted octanol–water partition coefficient (Wildman–Crippen LogP) is 2.00. The number of nitrogens with zero attached hydrogens (tertiary/aromatic N) is 3. The summed E-state index contributed by atoms with van der Waals surface area (Å²) in [4.78, 5) is 9.23. The Bertz CT molecular complexity index is 416. The monoisotopic (exact) mass is 291 g/mol. The molecule has 0 amide bonds. The number of pyridine rings is 1. The van der Waals surface area contributed by atoms with Crippen LogP contribution in [0.15, 0.2) is 24.5 Å². The molecule has 0 aliphatic carbocycles. The van der Waals surface area contributed by atoms with Crippen molar-refractivity contribution in [2.24, 2.45) is 5.41 Å². The first-order valence-electron chi connectivity index (χ1n) is 7.94. The minimum Gasteiger partial charge on any atom is -0.396 e. The molecule has 118 valence electrons. The van der Waals surface area contributed by atoms with Crippen molar-refractivity contribution in [1.29, 1.82) is 0 Å². The Morgan fingerprint density at radius 3 is 2.76 bits per heavy atom. The fourth-order valence-corrected chi connectivity index (χ4v) is 3.09. The first kappa shape index (κ1) is 16.4. The average Bonchev–Trinajstić information content (AvgIpc) is 2.42. The molecule has 1 aliphatic rings. The van der Waals surface area contributed by atoms with Gasteiger partial charge in [-0.3, -0.25) is 14.8 Å². The van der Waals surface area contributed by atoms with E-state index in [1.807, 2.05) is 18.5 Å². The predicted molar refractivity (Wildman–Crippen MR) is 86.0 cm³/mol. The molecule has 1 fully saturated rings. The molecule has 1 aliphatic heterocycles. The topological polar surface area (TPSA) is 39.6 Å². The lowest BCUT2D eigenvalue weighted by molar-refractivity contribution is 0.0339. The van der Waals surface area contributed by atoms with Crippen molar-refractivity contribution in [3.63, 3.8) is 0 Å². The fourth-order valence-electron chi connectivity index (χ4n) is 3.09. The van der Waals surface area contributed by atoms with Gasteiger partial charge < -0.3 is 5.11 Å². The zero-order chi connectivity index (χ0) is 15.3. The third-order valence-corrected chi connectivity index (χ3v) is 3.96. The summed E-state index contributed by atoms with van der Waals surface area (Å²) in [5.41, 5.74) is 1.57. The summed E-state index contributed by atoms with van der Waals surface area (Å²) >= 11 is 0. The molecule has 0 aromatic carbocycles. The highest BCUT2D eigenvalue weighted by Gasteiger charge is 2.29. The van der Waals surface area contributed by atoms with Crippen molar-refractivity contribution < 1.29 is 5.11 Å². The fraction of sp³-hybridized carbons (Fsp3) is 0.706. The second-order valence-corrected chi connectivity index (χ2v) is 7.29. The van der Waals surface area contributed by atoms with Gasteiger partial charge in [-0.05, 0) is 23.5 Å². The number of piperazine rings is 1. The van der Waals surface area contributed by atoms with Gasteiger partial charge in [0.1, 0.15) is 0 Å². The number of rotatable bonds is 5. The van der Waals surface area contributed by atoms with Crippen LogP contribution in [-0.4, -0.2) is 58.7 Å². The second-order valence-electron chi connectivity index (χ2n) is 7.29. The highest BCUT2D eigenvalue weighted by atomic mass is 16.3. The molecule has 1 aromatic rings. The van der Waals surface area contributed by atoms with E-state index in [9.17, 15) is 5.11 Å². The van der Waals surface area contributed by atoms with Gasteiger partial charge in [0.25, 0.3) is 0 Å². The van der Waals surface area contributed by atoms with Gasteiger partial charge >= 0.3 is 0 Å². The van der Waals surface area contributed by atoms with Gasteiger partial charge in [-0.25, -0.2) is 0 Å². The van der Waals surface area contributed by atoms with E-state index in [0.717, 1.165) is 39.1 Å². The first-order chi connectivity index (χ1) is 9.98. The second kappa shape index (κ2) is 7.34. The van der Waals surface area contributed by atoms with Gasteiger partial charge in [-0.2, -0.15) is 0 Å². The van der Waals surface area contributed by atoms with E-state index >= 15 is 0 Å². The molecule has 21 heavy (non-hydrogen) atoms. The van der Waals surface area contributed by atoms with E-state index in [1.54, 1.807) is 0 Å². The molecule has 2 rings (SSSR count). The summed E-state index contributed by atoms with van der Waals surface area (Å²) in [5, 5.41) is 9.36. The van der Waals surface area contributed by atoms with Crippen LogP contribution in [0.3, 0.4) is 0 Å². The zero-order valence-corrected chi connectivity index (χ0v) is 13.6. The lowest BCUT2D eigenvalue weighted by atomic mass is 9.94. The molecule has 0 unspecified atom stereocenters. The molecular formula is C17H29N3O. The van der Waals surface area contributed by atoms with Crippen LogP contribution in [0, 0.1) is 5.41 Å². The van der Waals surface area contributed by atoms with Crippen molar-refractivity contribution in [2.75, 3.05) is 32.8 Å². The van der Waals surface area contributed by atoms with Gasteiger partial charge in [-0.1, -0.05) is 26.8 Å². The Labute approximate surface area is 128 Å². The first-order valence-corrected chi connectivity index (χ1v) is 7.94. The van der Waals surface area contributed by atoms with E-state index in [0.29, 0.717) is 11.5 Å². The smallest absolute Gasteiger partial charge is 0.0446 e. The summed E-state index contributed by atoms with van der Waals surface area (Å²) in [6.45, 7) is 12.4. The lowest BCUT2D eigenvalue weighted by Gasteiger charge is -2.44. The molecule has 2 heterocycles. The zero-order valence-electron chi connectivity index (χ0n) is 13.6. The van der Waals surface area contributed by atoms with E-state index in [-0.39, 0.29) is 6.61 Å². The minimum absolute atomic E-state index is 0.270. The molecular weight excluding hydrogens is 262 g/mol. The number of hydrogen-bond donors (Lipinski definition) is 1. The van der Waals surface area contributed by atoms with Crippen LogP contribution >= 0.6 is 0 Å². The van der Waals surface area contributed by atoms with Gasteiger partial charge in [0.15, 0.2) is 0 Å². The molecule has 4 nitrogen and oxygen atoms in total. The number of aliphatic hydroxyl groups is 1. The molecule has 1 aromatic heterocycles. The third kappa shape index (κ3) is 5.38. The van der Waals surface area contributed by atoms with Crippen LogP contribution in [-0.2, 0) is 6.54 Å². The summed E-state index contributed by atoms with van der Waals surface area (Å²) < 4.78 is 0. The summed E-state index contributed by atoms with van der Waals surface area (Å²) in [6.07, 6.45) is 4.63. The Kier molecular flexibility index (Phi) is 5.73. The molecule has 1 atom stereocenters. The van der Waals surface area contributed by atoms with Gasteiger partial charge in [0.2, 0.25) is 0 Å². The Morgan fingerprint density at radius 2 is 2.14 bits per heavy atom. The van der Waals surface area contributed by atoms with Crippen molar-refractivity contribution in [3.05, 3.63) is 30.1 Å². The molecule has 4 heteroatoms. The highest BCUT2D eigenvalue weighted by Crippen LogP contribution is 2.21. The number of hydrogen-bond acceptors (Lipinski definition) is 4. The van der Waals surface area contributed by atoms with Crippen molar-refractivity contribution >= 4 is 0 Å². The van der Waals surface area contributed by atoms with E-state index in [2.05, 4.69) is 41.6 Å². The average molecular weight is 291 g/mol. The molecule has 0 bridgehead atoms. The third-order valence-electron chi connectivity index (χ3n) is 3.96. The Hall–Kier alpha value is -0.970. The largest absolute Gasteiger partial charge is 0.396 e. The maximum absolute atomic E-state index is 9.36. The normalized spacial score (nSPS) is 21.6. The molecule has 0 spiro atoms. The van der Waals surface area contributed by atoms with E-state index < -0.39 is 0 Å². The van der Waals surface area contributed by atoms with Gasteiger partial charge in [-0.15, -0.1) is 0 Å². The van der Waals surface area contributed by atoms with Crippen LogP contribution in [0.5, 0.6) is 0 Å². The molecule has 1 saturated heterocycles. The standard InChI is InChI=1S/C17H29N3O/c1-17(2,3)14-20-9-8-19(13-16(20)6-10-21)12-15-5-4-7-18-11-15/h4-5,7,11,16,21H,6,8-10,12-14H2,1-3H3/t16-/m0/s1. The minimum atomic E-state index is 0.270. The Morgan fingerprint density at radius 1 is 1.33 bits per heavy atom. The van der Waals surface area contributed by atoms with Crippen LogP contribution < -0.4 is 0 Å². The maximum Gasteiger partial charge on any atom is 0.0446 e. The summed E-state index contributed by atoms with van der Waals surface area (Å²) in [6, 6.07) is 4.59. The lowest BCUT2D eigenvalue weighted by Crippen LogP contribution is -2.54. The highest BCUT2D eigenvalue weighted by molar-refractivity contribution is 5.08. The summed E-state index contributed by atoms with van der Waals surface area (Å²) in [5.74, 6) is 0. The molecule has 0 saturated carbocycles. The van der Waals surface area contributed by atoms with Crippen LogP contribution in [0.25, 0.3) is 0 Å². The van der Waals surface area contributed by atoms with Gasteiger partial charge in [0.05, 0.1) is 0 Å². The molecule has 1 N–H and O–H groups in total. The van der Waals surface area contributed by atoms with Gasteiger partial charge in [0, 0.05) is 57.8 Å². The van der Waals surface area contributed by atoms with E-state index in [1.165, 1.54) is 5.56 Å². The SMILES string of the molecule is CC(C)(C)CN1CCN(Cc2cccnc2)C[C@@H]1CCO. The van der Waals surface area contributed by atoms with E-state index in [4.69, 9.17) is 0 Å². The molecule has 0 radical (unpaired) electrons. The maximum atomic E-state index is 9.36. The Balaban J connectivity index is 1.94. The van der Waals surface area contributed by atoms with Crippen LogP contribution in [0.4, 0.5) is 0 Å². The van der Waals surface area contributed by atoms with Crippen molar-refractivity contribution in [1.82, 2.24) is 14.8 Å².